The Morgan fingerprint density at radius 1 is 1.46 bits per heavy atom. The van der Waals surface area contributed by atoms with Gasteiger partial charge < -0.3 is 10.1 Å². The van der Waals surface area contributed by atoms with Crippen LogP contribution in [0.15, 0.2) is 0 Å². The first-order valence-electron chi connectivity index (χ1n) is 7.19. The van der Waals surface area contributed by atoms with Crippen molar-refractivity contribution in [3.8, 4) is 0 Å². The Balaban J connectivity index is 2.01. The average molecular weight is 366 g/mol. The molecule has 1 amide bonds. The van der Waals surface area contributed by atoms with Crippen molar-refractivity contribution in [2.45, 2.75) is 45.0 Å². The highest BCUT2D eigenvalue weighted by atomic mass is 32.1. The summed E-state index contributed by atoms with van der Waals surface area (Å²) in [5, 5.41) is 7.09. The molecule has 1 atom stereocenters. The number of alkyl halides is 3. The van der Waals surface area contributed by atoms with Crippen LogP contribution < -0.4 is 5.32 Å². The number of rotatable bonds is 4. The molecule has 2 rings (SSSR count). The molecule has 1 aliphatic heterocycles. The molecule has 1 saturated heterocycles. The molecule has 0 aromatic carbocycles. The predicted octanol–water partition coefficient (Wildman–Crippen LogP) is 1.91. The number of nitrogens with one attached hydrogen (secondary N) is 1. The predicted molar refractivity (Wildman–Crippen MR) is 79.4 cm³/mol. The van der Waals surface area contributed by atoms with E-state index in [2.05, 4.69) is 15.5 Å². The number of carbonyl (C=O) groups is 2. The molecule has 0 saturated carbocycles. The second-order valence-corrected chi connectivity index (χ2v) is 6.90. The van der Waals surface area contributed by atoms with Crippen LogP contribution in [0.4, 0.5) is 18.3 Å². The number of nitrogens with zero attached hydrogens (tertiary/aromatic N) is 3. The summed E-state index contributed by atoms with van der Waals surface area (Å²) in [6.45, 7) is 6.38. The number of hydrogen-bond acceptors (Lipinski definition) is 7. The number of ether oxygens (including phenoxy) is 1. The van der Waals surface area contributed by atoms with Crippen molar-refractivity contribution < 1.29 is 27.5 Å². The van der Waals surface area contributed by atoms with E-state index in [1.54, 1.807) is 18.7 Å². The van der Waals surface area contributed by atoms with Crippen molar-refractivity contribution in [2.24, 2.45) is 0 Å². The lowest BCUT2D eigenvalue weighted by molar-refractivity contribution is -0.178. The van der Waals surface area contributed by atoms with E-state index in [0.29, 0.717) is 13.1 Å². The molecule has 1 aliphatic rings. The molecule has 134 valence electrons. The number of carbonyl (C=O) groups excluding carboxylic acids is 2. The van der Waals surface area contributed by atoms with E-state index in [0.717, 1.165) is 0 Å². The van der Waals surface area contributed by atoms with Gasteiger partial charge in [-0.2, -0.15) is 13.2 Å². The van der Waals surface area contributed by atoms with Crippen molar-refractivity contribution in [3.63, 3.8) is 0 Å². The number of aromatic nitrogens is 2. The lowest BCUT2D eigenvalue weighted by Gasteiger charge is -2.41. The molecule has 11 heteroatoms. The molecule has 1 N–H and O–H groups in total. The summed E-state index contributed by atoms with van der Waals surface area (Å²) < 4.78 is 42.7. The van der Waals surface area contributed by atoms with Gasteiger partial charge in [0.2, 0.25) is 16.0 Å². The maximum Gasteiger partial charge on any atom is 0.445 e. The van der Waals surface area contributed by atoms with E-state index < -0.39 is 34.7 Å². The van der Waals surface area contributed by atoms with E-state index in [4.69, 9.17) is 4.74 Å². The third kappa shape index (κ3) is 4.41. The number of anilines is 1. The third-order valence-corrected chi connectivity index (χ3v) is 4.26. The van der Waals surface area contributed by atoms with Crippen molar-refractivity contribution >= 4 is 28.3 Å². The van der Waals surface area contributed by atoms with E-state index in [-0.39, 0.29) is 22.9 Å². The molecule has 7 nitrogen and oxygen atoms in total. The topological polar surface area (TPSA) is 84.4 Å². The minimum Gasteiger partial charge on any atom is -0.457 e. The number of amides is 1. The Hall–Kier alpha value is -1.75. The highest BCUT2D eigenvalue weighted by Gasteiger charge is 2.41. The zero-order valence-corrected chi connectivity index (χ0v) is 14.1. The van der Waals surface area contributed by atoms with E-state index in [1.165, 1.54) is 0 Å². The molecule has 24 heavy (non-hydrogen) atoms. The second kappa shape index (κ2) is 6.63. The van der Waals surface area contributed by atoms with Gasteiger partial charge in [0.25, 0.3) is 0 Å². The molecule has 1 aromatic heterocycles. The summed E-state index contributed by atoms with van der Waals surface area (Å²) >= 11 is 0.228. The van der Waals surface area contributed by atoms with Gasteiger partial charge >= 0.3 is 12.1 Å². The van der Waals surface area contributed by atoms with Gasteiger partial charge in [0, 0.05) is 6.54 Å². The van der Waals surface area contributed by atoms with Gasteiger partial charge in [0.1, 0.15) is 11.6 Å². The monoisotopic (exact) mass is 366 g/mol. The Morgan fingerprint density at radius 2 is 2.12 bits per heavy atom. The highest BCUT2D eigenvalue weighted by Crippen LogP contribution is 2.33. The molecule has 2 heterocycles. The average Bonchev–Trinajstić information content (AvgIpc) is 2.89. The van der Waals surface area contributed by atoms with Crippen LogP contribution in [-0.2, 0) is 20.5 Å². The van der Waals surface area contributed by atoms with Crippen LogP contribution in [0, 0.1) is 0 Å². The number of halogens is 3. The van der Waals surface area contributed by atoms with Crippen LogP contribution in [0.5, 0.6) is 0 Å². The fourth-order valence-electron chi connectivity index (χ4n) is 2.40. The molecule has 0 bridgehead atoms. The van der Waals surface area contributed by atoms with Crippen LogP contribution in [-0.4, -0.2) is 51.7 Å². The van der Waals surface area contributed by atoms with Crippen molar-refractivity contribution in [1.82, 2.24) is 15.1 Å². The molecular formula is C13H17F3N4O3S. The molecule has 1 unspecified atom stereocenters. The van der Waals surface area contributed by atoms with E-state index in [9.17, 15) is 22.8 Å². The highest BCUT2D eigenvalue weighted by molar-refractivity contribution is 7.15. The van der Waals surface area contributed by atoms with Gasteiger partial charge in [-0.05, 0) is 20.4 Å². The van der Waals surface area contributed by atoms with Gasteiger partial charge in [-0.1, -0.05) is 18.3 Å². The first-order chi connectivity index (χ1) is 11.0. The number of esters is 1. The third-order valence-electron chi connectivity index (χ3n) is 3.37. The van der Waals surface area contributed by atoms with Gasteiger partial charge in [0.15, 0.2) is 0 Å². The summed E-state index contributed by atoms with van der Waals surface area (Å²) in [5.41, 5.74) is -0.652. The molecular weight excluding hydrogens is 349 g/mol. The minimum atomic E-state index is -4.61. The maximum atomic E-state index is 12.5. The number of cyclic esters (lactones) is 1. The Morgan fingerprint density at radius 3 is 2.67 bits per heavy atom. The fourth-order valence-corrected chi connectivity index (χ4v) is 3.03. The maximum absolute atomic E-state index is 12.5. The first-order valence-corrected chi connectivity index (χ1v) is 8.01. The van der Waals surface area contributed by atoms with Gasteiger partial charge in [-0.3, -0.25) is 14.5 Å². The summed E-state index contributed by atoms with van der Waals surface area (Å²) in [6, 6.07) is -0.780. The van der Waals surface area contributed by atoms with Crippen LogP contribution >= 0.6 is 11.3 Å². The molecule has 1 fully saturated rings. The second-order valence-electron chi connectivity index (χ2n) is 5.92. The Labute approximate surface area is 140 Å². The Kier molecular flexibility index (Phi) is 5.14. The van der Waals surface area contributed by atoms with Gasteiger partial charge in [-0.15, -0.1) is 10.2 Å². The van der Waals surface area contributed by atoms with Crippen LogP contribution in [0.2, 0.25) is 0 Å². The summed E-state index contributed by atoms with van der Waals surface area (Å²) in [6.07, 6.45) is -4.85. The molecule has 1 aromatic rings. The van der Waals surface area contributed by atoms with Gasteiger partial charge in [0.05, 0.1) is 6.42 Å². The standard InChI is InChI=1S/C13H17F3N4O3S/c1-4-20-6-12(2,3)23-9(22)7(20)5-8(21)17-11-19-18-10(24-11)13(14,15)16/h7H,4-6H2,1-3H3,(H,17,19,21). The van der Waals surface area contributed by atoms with Crippen molar-refractivity contribution in [1.29, 1.82) is 0 Å². The van der Waals surface area contributed by atoms with Crippen LogP contribution in [0.1, 0.15) is 32.2 Å². The normalized spacial score (nSPS) is 21.4. The number of likely N-dealkylation sites (N-methyl/N-ethyl adjacent to an activating group) is 1. The smallest absolute Gasteiger partial charge is 0.445 e. The lowest BCUT2D eigenvalue weighted by atomic mass is 10.0. The summed E-state index contributed by atoms with van der Waals surface area (Å²) in [7, 11) is 0. The first kappa shape index (κ1) is 18.6. The van der Waals surface area contributed by atoms with Crippen LogP contribution in [0.3, 0.4) is 0 Å². The molecule has 0 aliphatic carbocycles. The number of morpholine rings is 1. The van der Waals surface area contributed by atoms with E-state index >= 15 is 0 Å². The van der Waals surface area contributed by atoms with Gasteiger partial charge in [-0.25, -0.2) is 0 Å². The SMILES string of the molecule is CCN1CC(C)(C)OC(=O)C1CC(=O)Nc1nnc(C(F)(F)F)s1. The number of hydrogen-bond donors (Lipinski definition) is 1. The van der Waals surface area contributed by atoms with E-state index in [1.807, 2.05) is 6.92 Å². The quantitative estimate of drug-likeness (QED) is 0.820. The van der Waals surface area contributed by atoms with Crippen molar-refractivity contribution in [3.05, 3.63) is 5.01 Å². The fraction of sp³-hybridized carbons (Fsp3) is 0.692. The zero-order valence-electron chi connectivity index (χ0n) is 13.3. The summed E-state index contributed by atoms with van der Waals surface area (Å²) in [5.74, 6) is -1.16. The lowest BCUT2D eigenvalue weighted by Crippen LogP contribution is -2.57. The van der Waals surface area contributed by atoms with Crippen molar-refractivity contribution in [2.75, 3.05) is 18.4 Å². The molecule has 0 radical (unpaired) electrons. The molecule has 0 spiro atoms. The zero-order chi connectivity index (χ0) is 18.1. The largest absolute Gasteiger partial charge is 0.457 e. The van der Waals surface area contributed by atoms with Crippen LogP contribution in [0.25, 0.3) is 0 Å². The summed E-state index contributed by atoms with van der Waals surface area (Å²) in [4.78, 5) is 25.9. The minimum absolute atomic E-state index is 0.228. The Bertz CT molecular complexity index is 632.